The monoisotopic (exact) mass is 170 g/mol. The van der Waals surface area contributed by atoms with E-state index >= 15 is 0 Å². The number of aromatic nitrogens is 3. The quantitative estimate of drug-likeness (QED) is 0.638. The normalized spacial score (nSPS) is 9.83. The fourth-order valence-corrected chi connectivity index (χ4v) is 0.868. The number of anilines is 1. The molecule has 0 atom stereocenters. The summed E-state index contributed by atoms with van der Waals surface area (Å²) < 4.78 is 1.61. The highest BCUT2D eigenvalue weighted by atomic mass is 16.4. The lowest BCUT2D eigenvalue weighted by molar-refractivity contribution is -0.136. The first-order valence-corrected chi connectivity index (χ1v) is 3.43. The molecular formula is C6H10N4O2. The fraction of sp³-hybridized carbons (Fsp3) is 0.500. The van der Waals surface area contributed by atoms with E-state index in [-0.39, 0.29) is 6.42 Å². The zero-order chi connectivity index (χ0) is 9.14. The number of carboxylic acids is 1. The molecule has 6 heteroatoms. The number of nitrogens with zero attached hydrogens (tertiary/aromatic N) is 3. The zero-order valence-electron chi connectivity index (χ0n) is 6.90. The Labute approximate surface area is 69.2 Å². The molecule has 0 unspecified atom stereocenters. The first kappa shape index (κ1) is 8.51. The molecule has 1 rings (SSSR count). The Kier molecular flexibility index (Phi) is 2.27. The van der Waals surface area contributed by atoms with Gasteiger partial charge in [-0.25, -0.2) is 0 Å². The molecule has 0 saturated carbocycles. The van der Waals surface area contributed by atoms with Crippen molar-refractivity contribution in [3.8, 4) is 0 Å². The van der Waals surface area contributed by atoms with Crippen LogP contribution in [0.2, 0.25) is 0 Å². The van der Waals surface area contributed by atoms with Gasteiger partial charge in [0.1, 0.15) is 12.2 Å². The van der Waals surface area contributed by atoms with Crippen LogP contribution in [0.5, 0.6) is 0 Å². The van der Waals surface area contributed by atoms with E-state index in [1.807, 2.05) is 0 Å². The molecule has 0 radical (unpaired) electrons. The number of carbonyl (C=O) groups is 1. The van der Waals surface area contributed by atoms with Crippen molar-refractivity contribution in [3.05, 3.63) is 5.82 Å². The van der Waals surface area contributed by atoms with Crippen molar-refractivity contribution >= 4 is 11.9 Å². The summed E-state index contributed by atoms with van der Waals surface area (Å²) >= 11 is 0. The Morgan fingerprint density at radius 1 is 1.67 bits per heavy atom. The predicted octanol–water partition coefficient (Wildman–Crippen LogP) is -0.516. The second kappa shape index (κ2) is 3.21. The Morgan fingerprint density at radius 3 is 2.75 bits per heavy atom. The molecule has 0 aromatic carbocycles. The van der Waals surface area contributed by atoms with Gasteiger partial charge in [-0.15, -0.1) is 10.2 Å². The van der Waals surface area contributed by atoms with Gasteiger partial charge in [0.2, 0.25) is 5.95 Å². The SMILES string of the molecule is CNc1nnc(CC(=O)O)n1C. The van der Waals surface area contributed by atoms with Crippen LogP contribution in [0.4, 0.5) is 5.95 Å². The van der Waals surface area contributed by atoms with Gasteiger partial charge < -0.3 is 15.0 Å². The van der Waals surface area contributed by atoms with Crippen molar-refractivity contribution in [1.82, 2.24) is 14.8 Å². The molecule has 0 aliphatic rings. The van der Waals surface area contributed by atoms with E-state index in [1.165, 1.54) is 0 Å². The molecule has 0 fully saturated rings. The third kappa shape index (κ3) is 1.52. The van der Waals surface area contributed by atoms with Gasteiger partial charge in [-0.05, 0) is 0 Å². The fourth-order valence-electron chi connectivity index (χ4n) is 0.868. The van der Waals surface area contributed by atoms with Crippen molar-refractivity contribution in [2.45, 2.75) is 6.42 Å². The highest BCUT2D eigenvalue weighted by molar-refractivity contribution is 5.69. The van der Waals surface area contributed by atoms with Crippen LogP contribution in [-0.4, -0.2) is 32.9 Å². The molecule has 6 nitrogen and oxygen atoms in total. The van der Waals surface area contributed by atoms with Gasteiger partial charge in [-0.2, -0.15) is 0 Å². The minimum Gasteiger partial charge on any atom is -0.481 e. The average molecular weight is 170 g/mol. The zero-order valence-corrected chi connectivity index (χ0v) is 6.90. The minimum absolute atomic E-state index is 0.106. The Bertz CT molecular complexity index is 294. The van der Waals surface area contributed by atoms with Crippen LogP contribution in [0.15, 0.2) is 0 Å². The van der Waals surface area contributed by atoms with E-state index in [1.54, 1.807) is 18.7 Å². The lowest BCUT2D eigenvalue weighted by Gasteiger charge is -1.99. The van der Waals surface area contributed by atoms with Crippen LogP contribution in [0, 0.1) is 0 Å². The highest BCUT2D eigenvalue weighted by Crippen LogP contribution is 2.03. The summed E-state index contributed by atoms with van der Waals surface area (Å²) in [6.07, 6.45) is -0.106. The molecule has 0 amide bonds. The lowest BCUT2D eigenvalue weighted by atomic mass is 10.4. The molecule has 0 saturated heterocycles. The standard InChI is InChI=1S/C6H10N4O2/c1-7-6-9-8-4(10(6)2)3-5(11)12/h3H2,1-2H3,(H,7,9)(H,11,12). The van der Waals surface area contributed by atoms with E-state index in [4.69, 9.17) is 5.11 Å². The van der Waals surface area contributed by atoms with Gasteiger partial charge >= 0.3 is 5.97 Å². The van der Waals surface area contributed by atoms with Crippen LogP contribution < -0.4 is 5.32 Å². The molecule has 1 aromatic heterocycles. The van der Waals surface area contributed by atoms with Crippen molar-refractivity contribution in [2.24, 2.45) is 7.05 Å². The molecule has 12 heavy (non-hydrogen) atoms. The number of carboxylic acid groups (broad SMARTS) is 1. The Hall–Kier alpha value is -1.59. The van der Waals surface area contributed by atoms with Crippen molar-refractivity contribution < 1.29 is 9.90 Å². The number of rotatable bonds is 3. The van der Waals surface area contributed by atoms with Crippen molar-refractivity contribution in [1.29, 1.82) is 0 Å². The van der Waals surface area contributed by atoms with Gasteiger partial charge in [0.15, 0.2) is 0 Å². The molecule has 0 bridgehead atoms. The number of hydrogen-bond acceptors (Lipinski definition) is 4. The summed E-state index contributed by atoms with van der Waals surface area (Å²) in [7, 11) is 3.42. The van der Waals surface area contributed by atoms with E-state index in [2.05, 4.69) is 15.5 Å². The van der Waals surface area contributed by atoms with E-state index < -0.39 is 5.97 Å². The first-order valence-electron chi connectivity index (χ1n) is 3.43. The second-order valence-electron chi connectivity index (χ2n) is 2.32. The van der Waals surface area contributed by atoms with Gasteiger partial charge in [-0.1, -0.05) is 0 Å². The third-order valence-electron chi connectivity index (χ3n) is 1.50. The summed E-state index contributed by atoms with van der Waals surface area (Å²) in [5, 5.41) is 18.7. The van der Waals surface area contributed by atoms with Crippen LogP contribution in [-0.2, 0) is 18.3 Å². The summed E-state index contributed by atoms with van der Waals surface area (Å²) in [5.41, 5.74) is 0. The highest BCUT2D eigenvalue weighted by Gasteiger charge is 2.09. The summed E-state index contributed by atoms with van der Waals surface area (Å²) in [6.45, 7) is 0. The summed E-state index contributed by atoms with van der Waals surface area (Å²) in [6, 6.07) is 0. The largest absolute Gasteiger partial charge is 0.481 e. The van der Waals surface area contributed by atoms with E-state index in [0.717, 1.165) is 0 Å². The molecule has 2 N–H and O–H groups in total. The van der Waals surface area contributed by atoms with Crippen LogP contribution in [0.3, 0.4) is 0 Å². The maximum Gasteiger partial charge on any atom is 0.311 e. The first-order chi connectivity index (χ1) is 5.65. The topological polar surface area (TPSA) is 80.0 Å². The molecular weight excluding hydrogens is 160 g/mol. The molecule has 0 aliphatic carbocycles. The molecule has 66 valence electrons. The van der Waals surface area contributed by atoms with E-state index in [9.17, 15) is 4.79 Å². The average Bonchev–Trinajstić information content (AvgIpc) is 2.32. The molecule has 1 heterocycles. The lowest BCUT2D eigenvalue weighted by Crippen LogP contribution is -2.07. The predicted molar refractivity (Wildman–Crippen MR) is 41.9 cm³/mol. The smallest absolute Gasteiger partial charge is 0.311 e. The third-order valence-corrected chi connectivity index (χ3v) is 1.50. The maximum absolute atomic E-state index is 10.3. The van der Waals surface area contributed by atoms with Gasteiger partial charge in [-0.3, -0.25) is 4.79 Å². The van der Waals surface area contributed by atoms with Crippen LogP contribution >= 0.6 is 0 Å². The number of aliphatic carboxylic acids is 1. The molecule has 0 spiro atoms. The minimum atomic E-state index is -0.909. The second-order valence-corrected chi connectivity index (χ2v) is 2.32. The maximum atomic E-state index is 10.3. The van der Waals surface area contributed by atoms with Crippen molar-refractivity contribution in [3.63, 3.8) is 0 Å². The van der Waals surface area contributed by atoms with Crippen LogP contribution in [0.1, 0.15) is 5.82 Å². The van der Waals surface area contributed by atoms with Crippen LogP contribution in [0.25, 0.3) is 0 Å². The van der Waals surface area contributed by atoms with Gasteiger partial charge in [0.05, 0.1) is 0 Å². The van der Waals surface area contributed by atoms with Gasteiger partial charge in [0, 0.05) is 14.1 Å². The number of nitrogens with one attached hydrogen (secondary N) is 1. The summed E-state index contributed by atoms with van der Waals surface area (Å²) in [5.74, 6) is 0.0891. The summed E-state index contributed by atoms with van der Waals surface area (Å²) in [4.78, 5) is 10.3. The van der Waals surface area contributed by atoms with Gasteiger partial charge in [0.25, 0.3) is 0 Å². The molecule has 0 aliphatic heterocycles. The molecule has 1 aromatic rings. The Balaban J connectivity index is 2.87. The van der Waals surface area contributed by atoms with Crippen molar-refractivity contribution in [2.75, 3.05) is 12.4 Å². The van der Waals surface area contributed by atoms with E-state index in [0.29, 0.717) is 11.8 Å². The Morgan fingerprint density at radius 2 is 2.33 bits per heavy atom. The number of hydrogen-bond donors (Lipinski definition) is 2.